The zero-order valence-electron chi connectivity index (χ0n) is 29.8. The highest BCUT2D eigenvalue weighted by Gasteiger charge is 2.19. The SMILES string of the molecule is CC/C=C\C/C=C\C/C=C\C/C=C\C/C=C\CCCCCC(=O)OC(CCCCCC)CCCCCC(=O)NC(CCCN)C(=O)O. The van der Waals surface area contributed by atoms with Crippen molar-refractivity contribution < 1.29 is 24.2 Å². The number of unbranched alkanes of at least 4 members (excludes halogenated alkanes) is 8. The Hall–Kier alpha value is -2.93. The first-order valence-corrected chi connectivity index (χ1v) is 18.6. The van der Waals surface area contributed by atoms with Crippen molar-refractivity contribution in [1.82, 2.24) is 5.32 Å². The molecule has 268 valence electrons. The summed E-state index contributed by atoms with van der Waals surface area (Å²) >= 11 is 0. The van der Waals surface area contributed by atoms with Crippen LogP contribution in [0.15, 0.2) is 60.8 Å². The summed E-state index contributed by atoms with van der Waals surface area (Å²) in [5.41, 5.74) is 5.46. The van der Waals surface area contributed by atoms with Gasteiger partial charge in [0, 0.05) is 12.8 Å². The number of esters is 1. The second-order valence-electron chi connectivity index (χ2n) is 12.3. The summed E-state index contributed by atoms with van der Waals surface area (Å²) in [5.74, 6) is -1.36. The lowest BCUT2D eigenvalue weighted by Crippen LogP contribution is -2.40. The third-order valence-corrected chi connectivity index (χ3v) is 7.85. The molecule has 0 saturated heterocycles. The lowest BCUT2D eigenvalue weighted by atomic mass is 10.0. The largest absolute Gasteiger partial charge is 0.480 e. The predicted octanol–water partition coefficient (Wildman–Crippen LogP) is 9.83. The van der Waals surface area contributed by atoms with Crippen LogP contribution in [-0.4, -0.2) is 41.6 Å². The van der Waals surface area contributed by atoms with Gasteiger partial charge in [-0.3, -0.25) is 9.59 Å². The Morgan fingerprint density at radius 1 is 0.638 bits per heavy atom. The molecule has 0 saturated carbocycles. The highest BCUT2D eigenvalue weighted by Crippen LogP contribution is 2.17. The molecule has 0 spiro atoms. The number of carboxylic acid groups (broad SMARTS) is 1. The summed E-state index contributed by atoms with van der Waals surface area (Å²) in [5, 5.41) is 11.9. The summed E-state index contributed by atoms with van der Waals surface area (Å²) in [6.07, 6.45) is 41.4. The molecule has 0 bridgehead atoms. The first-order valence-electron chi connectivity index (χ1n) is 18.6. The average molecular weight is 657 g/mol. The number of aliphatic carboxylic acids is 1. The van der Waals surface area contributed by atoms with Gasteiger partial charge in [0.2, 0.25) is 5.91 Å². The Balaban J connectivity index is 4.14. The van der Waals surface area contributed by atoms with E-state index in [1.807, 2.05) is 0 Å². The monoisotopic (exact) mass is 657 g/mol. The van der Waals surface area contributed by atoms with Gasteiger partial charge >= 0.3 is 11.9 Å². The molecule has 47 heavy (non-hydrogen) atoms. The number of carboxylic acids is 1. The van der Waals surface area contributed by atoms with Gasteiger partial charge in [0.25, 0.3) is 0 Å². The number of ether oxygens (including phenoxy) is 1. The van der Waals surface area contributed by atoms with Gasteiger partial charge in [-0.15, -0.1) is 0 Å². The van der Waals surface area contributed by atoms with Gasteiger partial charge in [0.1, 0.15) is 12.1 Å². The Morgan fingerprint density at radius 2 is 1.17 bits per heavy atom. The van der Waals surface area contributed by atoms with Crippen LogP contribution in [-0.2, 0) is 19.1 Å². The van der Waals surface area contributed by atoms with E-state index in [1.165, 1.54) is 12.8 Å². The van der Waals surface area contributed by atoms with Crippen molar-refractivity contribution >= 4 is 17.8 Å². The minimum Gasteiger partial charge on any atom is -0.480 e. The van der Waals surface area contributed by atoms with Gasteiger partial charge < -0.3 is 20.9 Å². The summed E-state index contributed by atoms with van der Waals surface area (Å²) in [7, 11) is 0. The third-order valence-electron chi connectivity index (χ3n) is 7.85. The molecule has 0 heterocycles. The maximum Gasteiger partial charge on any atom is 0.326 e. The first kappa shape index (κ1) is 44.1. The zero-order valence-corrected chi connectivity index (χ0v) is 29.8. The number of nitrogens with one attached hydrogen (secondary N) is 1. The molecular formula is C40H68N2O5. The third kappa shape index (κ3) is 31.4. The molecule has 0 aromatic carbocycles. The molecule has 0 rings (SSSR count). The number of hydrogen-bond donors (Lipinski definition) is 3. The highest BCUT2D eigenvalue weighted by atomic mass is 16.5. The topological polar surface area (TPSA) is 119 Å². The molecule has 7 heteroatoms. The summed E-state index contributed by atoms with van der Waals surface area (Å²) in [4.78, 5) is 36.1. The fourth-order valence-corrected chi connectivity index (χ4v) is 5.06. The Labute approximate surface area is 287 Å². The standard InChI is InChI=1S/C40H68N2O5/c1-3-5-7-9-10-11-12-13-14-15-16-17-18-19-20-21-22-23-28-34-39(44)47-36(30-25-8-6-4-2)31-26-24-27-33-38(43)42-37(40(45)46)32-29-35-41/h5,7,10-11,13-14,16-17,19-20,36-37H,3-4,6,8-9,12,15,18,21-35,41H2,1-2H3,(H,42,43)(H,45,46)/b7-5-,11-10-,14-13-,17-16-,20-19-. The lowest BCUT2D eigenvalue weighted by Gasteiger charge is -2.18. The van der Waals surface area contributed by atoms with Crippen LogP contribution >= 0.6 is 0 Å². The Bertz CT molecular complexity index is 922. The molecule has 2 unspecified atom stereocenters. The number of carbonyl (C=O) groups excluding carboxylic acids is 2. The van der Waals surface area contributed by atoms with Gasteiger partial charge in [0.15, 0.2) is 0 Å². The molecular weight excluding hydrogens is 588 g/mol. The van der Waals surface area contributed by atoms with E-state index in [9.17, 15) is 19.5 Å². The number of rotatable bonds is 32. The fourth-order valence-electron chi connectivity index (χ4n) is 5.06. The second kappa shape index (κ2) is 34.4. The van der Waals surface area contributed by atoms with Crippen LogP contribution in [0.25, 0.3) is 0 Å². The average Bonchev–Trinajstić information content (AvgIpc) is 3.05. The molecule has 7 nitrogen and oxygen atoms in total. The quantitative estimate of drug-likeness (QED) is 0.0377. The van der Waals surface area contributed by atoms with E-state index in [-0.39, 0.29) is 18.0 Å². The normalized spacial score (nSPS) is 13.4. The van der Waals surface area contributed by atoms with E-state index in [0.29, 0.717) is 38.6 Å². The highest BCUT2D eigenvalue weighted by molar-refractivity contribution is 5.83. The van der Waals surface area contributed by atoms with Crippen molar-refractivity contribution in [2.24, 2.45) is 5.73 Å². The van der Waals surface area contributed by atoms with Crippen molar-refractivity contribution in [3.63, 3.8) is 0 Å². The van der Waals surface area contributed by atoms with Crippen molar-refractivity contribution in [3.05, 3.63) is 60.8 Å². The zero-order chi connectivity index (χ0) is 34.6. The molecule has 0 aromatic rings. The molecule has 0 aliphatic carbocycles. The first-order chi connectivity index (χ1) is 22.9. The predicted molar refractivity (Wildman–Crippen MR) is 197 cm³/mol. The smallest absolute Gasteiger partial charge is 0.326 e. The summed E-state index contributed by atoms with van der Waals surface area (Å²) < 4.78 is 5.89. The fraction of sp³-hybridized carbons (Fsp3) is 0.675. The maximum atomic E-state index is 12.6. The van der Waals surface area contributed by atoms with E-state index in [2.05, 4.69) is 79.9 Å². The molecule has 1 amide bonds. The van der Waals surface area contributed by atoms with Gasteiger partial charge in [0.05, 0.1) is 0 Å². The van der Waals surface area contributed by atoms with Crippen LogP contribution in [0.5, 0.6) is 0 Å². The number of amides is 1. The molecule has 2 atom stereocenters. The van der Waals surface area contributed by atoms with E-state index < -0.39 is 12.0 Å². The Kier molecular flexibility index (Phi) is 32.3. The van der Waals surface area contributed by atoms with E-state index >= 15 is 0 Å². The van der Waals surface area contributed by atoms with E-state index in [0.717, 1.165) is 96.3 Å². The number of nitrogens with two attached hydrogens (primary N) is 1. The van der Waals surface area contributed by atoms with E-state index in [4.69, 9.17) is 10.5 Å². The second-order valence-corrected chi connectivity index (χ2v) is 12.3. The van der Waals surface area contributed by atoms with Crippen LogP contribution in [0.2, 0.25) is 0 Å². The molecule has 0 fully saturated rings. The molecule has 0 aliphatic heterocycles. The van der Waals surface area contributed by atoms with Crippen LogP contribution in [0.1, 0.15) is 155 Å². The van der Waals surface area contributed by atoms with Crippen molar-refractivity contribution in [3.8, 4) is 0 Å². The van der Waals surface area contributed by atoms with Gasteiger partial charge in [-0.05, 0) is 103 Å². The number of allylic oxidation sites excluding steroid dienone is 10. The summed E-state index contributed by atoms with van der Waals surface area (Å²) in [6.45, 7) is 4.74. The van der Waals surface area contributed by atoms with Crippen molar-refractivity contribution in [2.45, 2.75) is 167 Å². The summed E-state index contributed by atoms with van der Waals surface area (Å²) in [6, 6.07) is -0.879. The van der Waals surface area contributed by atoms with E-state index in [1.54, 1.807) is 0 Å². The van der Waals surface area contributed by atoms with Crippen LogP contribution in [0, 0.1) is 0 Å². The van der Waals surface area contributed by atoms with Crippen LogP contribution in [0.3, 0.4) is 0 Å². The van der Waals surface area contributed by atoms with Gasteiger partial charge in [-0.2, -0.15) is 0 Å². The van der Waals surface area contributed by atoms with Gasteiger partial charge in [-0.25, -0.2) is 4.79 Å². The number of carbonyl (C=O) groups is 3. The van der Waals surface area contributed by atoms with Crippen molar-refractivity contribution in [1.29, 1.82) is 0 Å². The lowest BCUT2D eigenvalue weighted by molar-refractivity contribution is -0.150. The van der Waals surface area contributed by atoms with Crippen LogP contribution < -0.4 is 11.1 Å². The molecule has 0 aromatic heterocycles. The van der Waals surface area contributed by atoms with Crippen LogP contribution in [0.4, 0.5) is 0 Å². The minimum absolute atomic E-state index is 0.0675. The molecule has 0 aliphatic rings. The molecule has 0 radical (unpaired) electrons. The van der Waals surface area contributed by atoms with Gasteiger partial charge in [-0.1, -0.05) is 107 Å². The molecule has 4 N–H and O–H groups in total. The van der Waals surface area contributed by atoms with Crippen molar-refractivity contribution in [2.75, 3.05) is 6.54 Å². The number of hydrogen-bond acceptors (Lipinski definition) is 5. The maximum absolute atomic E-state index is 12.6. The Morgan fingerprint density at radius 3 is 1.72 bits per heavy atom. The minimum atomic E-state index is -1.02.